The third-order valence-electron chi connectivity index (χ3n) is 3.27. The minimum Gasteiger partial charge on any atom is -0.506 e. The Balaban J connectivity index is 1.65. The average Bonchev–Trinajstić information content (AvgIpc) is 2.64. The molecule has 0 saturated carbocycles. The van der Waals surface area contributed by atoms with E-state index in [1.807, 2.05) is 12.1 Å². The molecule has 0 fully saturated rings. The second-order valence-electron chi connectivity index (χ2n) is 5.37. The fourth-order valence-electron chi connectivity index (χ4n) is 1.99. The van der Waals surface area contributed by atoms with Gasteiger partial charge in [0.25, 0.3) is 0 Å². The first-order valence-corrected chi connectivity index (χ1v) is 13.6. The number of aliphatic imine (C=N–C) groups is 2. The van der Waals surface area contributed by atoms with E-state index in [2.05, 4.69) is 73.7 Å². The van der Waals surface area contributed by atoms with Gasteiger partial charge in [0.15, 0.2) is 0 Å². The molecule has 0 aliphatic carbocycles. The summed E-state index contributed by atoms with van der Waals surface area (Å²) in [6, 6.07) is 7.23. The fourth-order valence-corrected chi connectivity index (χ4v) is 6.26. The molecule has 28 heavy (non-hydrogen) atoms. The molecule has 2 aromatic rings. The molecule has 2 N–H and O–H groups in total. The second-order valence-corrected chi connectivity index (χ2v) is 11.6. The van der Waals surface area contributed by atoms with Gasteiger partial charge in [-0.2, -0.15) is 0 Å². The van der Waals surface area contributed by atoms with Crippen LogP contribution in [0.1, 0.15) is 11.1 Å². The maximum Gasteiger partial charge on any atom is 0.138 e. The van der Waals surface area contributed by atoms with E-state index in [0.717, 1.165) is 20.5 Å². The Hall–Kier alpha value is -0.000000000000000222. The van der Waals surface area contributed by atoms with E-state index in [1.54, 1.807) is 46.1 Å². The van der Waals surface area contributed by atoms with Crippen molar-refractivity contribution in [2.75, 3.05) is 24.6 Å². The number of phenols is 2. The molecule has 0 saturated heterocycles. The predicted octanol–water partition coefficient (Wildman–Crippen LogP) is 7.07. The van der Waals surface area contributed by atoms with Gasteiger partial charge in [0.05, 0.1) is 8.95 Å². The molecule has 0 aliphatic rings. The van der Waals surface area contributed by atoms with Gasteiger partial charge in [0.2, 0.25) is 0 Å². The molecule has 0 spiro atoms. The van der Waals surface area contributed by atoms with Gasteiger partial charge in [-0.3, -0.25) is 9.98 Å². The van der Waals surface area contributed by atoms with Crippen LogP contribution in [0.25, 0.3) is 0 Å². The molecular weight excluding hydrogens is 660 g/mol. The summed E-state index contributed by atoms with van der Waals surface area (Å²) in [5.41, 5.74) is 1.35. The maximum absolute atomic E-state index is 9.97. The highest BCUT2D eigenvalue weighted by molar-refractivity contribution is 9.11. The zero-order valence-corrected chi connectivity index (χ0v) is 22.4. The number of nitrogens with zero attached hydrogens (tertiary/aromatic N) is 2. The average molecular weight is 676 g/mol. The van der Waals surface area contributed by atoms with Crippen LogP contribution in [-0.4, -0.2) is 47.2 Å². The van der Waals surface area contributed by atoms with Crippen molar-refractivity contribution in [3.63, 3.8) is 0 Å². The van der Waals surface area contributed by atoms with Gasteiger partial charge in [0.1, 0.15) is 11.5 Å². The van der Waals surface area contributed by atoms with Crippen LogP contribution in [0.4, 0.5) is 0 Å². The summed E-state index contributed by atoms with van der Waals surface area (Å²) >= 11 is 13.4. The summed E-state index contributed by atoms with van der Waals surface area (Å²) in [5, 5.41) is 19.9. The van der Waals surface area contributed by atoms with Crippen LogP contribution in [0.5, 0.6) is 11.5 Å². The number of halogens is 4. The Bertz CT molecular complexity index is 808. The van der Waals surface area contributed by atoms with Crippen LogP contribution in [-0.2, 0) is 0 Å². The van der Waals surface area contributed by atoms with Crippen LogP contribution in [0, 0.1) is 0 Å². The Morgan fingerprint density at radius 2 is 1.11 bits per heavy atom. The highest BCUT2D eigenvalue weighted by atomic mass is 79.9. The SMILES string of the molecule is Oc1c(Br)cc(Br)cc1C=NCCSSCCN=Cc1cc(Br)cc(Br)c1O. The Morgan fingerprint density at radius 3 is 1.50 bits per heavy atom. The van der Waals surface area contributed by atoms with Crippen molar-refractivity contribution in [2.45, 2.75) is 0 Å². The van der Waals surface area contributed by atoms with E-state index in [4.69, 9.17) is 0 Å². The van der Waals surface area contributed by atoms with E-state index in [1.165, 1.54) is 0 Å². The molecule has 0 bridgehead atoms. The van der Waals surface area contributed by atoms with Gasteiger partial charge >= 0.3 is 0 Å². The summed E-state index contributed by atoms with van der Waals surface area (Å²) in [4.78, 5) is 8.71. The highest BCUT2D eigenvalue weighted by Gasteiger charge is 2.06. The molecule has 0 atom stereocenters. The van der Waals surface area contributed by atoms with Crippen molar-refractivity contribution in [1.29, 1.82) is 0 Å². The molecule has 0 radical (unpaired) electrons. The van der Waals surface area contributed by atoms with Crippen molar-refractivity contribution in [3.8, 4) is 11.5 Å². The lowest BCUT2D eigenvalue weighted by molar-refractivity contribution is 0.470. The molecule has 150 valence electrons. The van der Waals surface area contributed by atoms with E-state index < -0.39 is 0 Å². The van der Waals surface area contributed by atoms with E-state index in [0.29, 0.717) is 33.2 Å². The summed E-state index contributed by atoms with van der Waals surface area (Å²) < 4.78 is 3.04. The van der Waals surface area contributed by atoms with Crippen LogP contribution in [0.2, 0.25) is 0 Å². The Kier molecular flexibility index (Phi) is 11.0. The minimum absolute atomic E-state index is 0.190. The van der Waals surface area contributed by atoms with Crippen molar-refractivity contribution >= 4 is 97.7 Å². The summed E-state index contributed by atoms with van der Waals surface area (Å²) in [7, 11) is 3.47. The largest absolute Gasteiger partial charge is 0.506 e. The topological polar surface area (TPSA) is 65.2 Å². The molecule has 2 rings (SSSR count). The first-order valence-electron chi connectivity index (χ1n) is 7.98. The number of benzene rings is 2. The van der Waals surface area contributed by atoms with Crippen LogP contribution < -0.4 is 0 Å². The maximum atomic E-state index is 9.97. The zero-order chi connectivity index (χ0) is 20.5. The Morgan fingerprint density at radius 1 is 0.714 bits per heavy atom. The van der Waals surface area contributed by atoms with Gasteiger partial charge in [0, 0.05) is 57.1 Å². The lowest BCUT2D eigenvalue weighted by Gasteiger charge is -2.03. The molecule has 2 aromatic carbocycles. The van der Waals surface area contributed by atoms with Crippen LogP contribution >= 0.6 is 85.3 Å². The van der Waals surface area contributed by atoms with Crippen molar-refractivity contribution in [2.24, 2.45) is 9.98 Å². The van der Waals surface area contributed by atoms with Crippen molar-refractivity contribution in [3.05, 3.63) is 53.3 Å². The third-order valence-corrected chi connectivity index (χ3v) is 7.76. The molecule has 0 heterocycles. The zero-order valence-electron chi connectivity index (χ0n) is 14.4. The highest BCUT2D eigenvalue weighted by Crippen LogP contribution is 2.31. The standard InChI is InChI=1S/C18H16Br4N2O2S2/c19-13-5-11(17(25)15(21)7-13)9-23-1-3-27-28-4-2-24-10-12-6-14(20)8-16(22)18(12)26/h5-10,25-26H,1-4H2. The first kappa shape index (κ1) is 24.3. The smallest absolute Gasteiger partial charge is 0.138 e. The number of hydrogen-bond donors (Lipinski definition) is 2. The molecule has 0 amide bonds. The van der Waals surface area contributed by atoms with Crippen LogP contribution in [0.15, 0.2) is 52.1 Å². The number of hydrogen-bond acceptors (Lipinski definition) is 6. The van der Waals surface area contributed by atoms with Gasteiger partial charge in [-0.05, 0) is 56.1 Å². The van der Waals surface area contributed by atoms with Gasteiger partial charge < -0.3 is 10.2 Å². The summed E-state index contributed by atoms with van der Waals surface area (Å²) in [5.74, 6) is 2.13. The van der Waals surface area contributed by atoms with E-state index >= 15 is 0 Å². The third kappa shape index (κ3) is 8.02. The second kappa shape index (κ2) is 12.6. The Labute approximate surface area is 205 Å². The van der Waals surface area contributed by atoms with E-state index in [-0.39, 0.29) is 11.5 Å². The molecule has 0 aliphatic heterocycles. The molecule has 0 unspecified atom stereocenters. The number of phenolic OH excluding ortho intramolecular Hbond substituents is 2. The molecule has 0 aromatic heterocycles. The van der Waals surface area contributed by atoms with Gasteiger partial charge in [-0.1, -0.05) is 53.4 Å². The number of rotatable bonds is 9. The molecular formula is C18H16Br4N2O2S2. The van der Waals surface area contributed by atoms with Crippen LogP contribution in [0.3, 0.4) is 0 Å². The quantitative estimate of drug-likeness (QED) is 0.170. The summed E-state index contributed by atoms with van der Waals surface area (Å²) in [6.45, 7) is 1.34. The summed E-state index contributed by atoms with van der Waals surface area (Å²) in [6.07, 6.45) is 3.37. The predicted molar refractivity (Wildman–Crippen MR) is 137 cm³/mol. The van der Waals surface area contributed by atoms with Gasteiger partial charge in [-0.25, -0.2) is 0 Å². The van der Waals surface area contributed by atoms with Gasteiger partial charge in [-0.15, -0.1) is 0 Å². The normalized spacial score (nSPS) is 11.7. The van der Waals surface area contributed by atoms with Crippen molar-refractivity contribution < 1.29 is 10.2 Å². The lowest BCUT2D eigenvalue weighted by Crippen LogP contribution is -1.90. The van der Waals surface area contributed by atoms with E-state index in [9.17, 15) is 10.2 Å². The lowest BCUT2D eigenvalue weighted by atomic mass is 10.2. The van der Waals surface area contributed by atoms with Crippen molar-refractivity contribution in [1.82, 2.24) is 0 Å². The fraction of sp³-hybridized carbons (Fsp3) is 0.222. The first-order chi connectivity index (χ1) is 13.4. The monoisotopic (exact) mass is 672 g/mol. The molecule has 10 heteroatoms. The molecule has 4 nitrogen and oxygen atoms in total. The minimum atomic E-state index is 0.190. The number of aromatic hydroxyl groups is 2.